The molecule has 0 atom stereocenters. The maximum absolute atomic E-state index is 10.4. The van der Waals surface area contributed by atoms with Gasteiger partial charge in [0.1, 0.15) is 0 Å². The third kappa shape index (κ3) is 3.80. The number of hydrogen-bond donors (Lipinski definition) is 1. The van der Waals surface area contributed by atoms with Gasteiger partial charge in [0.2, 0.25) is 5.89 Å². The van der Waals surface area contributed by atoms with Gasteiger partial charge in [0.15, 0.2) is 5.82 Å². The summed E-state index contributed by atoms with van der Waals surface area (Å²) in [5.41, 5.74) is 0. The zero-order chi connectivity index (χ0) is 13.0. The Morgan fingerprint density at radius 3 is 2.89 bits per heavy atom. The van der Waals surface area contributed by atoms with Crippen molar-refractivity contribution >= 4 is 5.97 Å². The molecule has 1 aliphatic heterocycles. The molecule has 0 amide bonds. The number of carboxylic acids is 1. The number of aliphatic carboxylic acids is 1. The number of likely N-dealkylation sites (tertiary alicyclic amines) is 1. The Kier molecular flexibility index (Phi) is 4.30. The highest BCUT2D eigenvalue weighted by atomic mass is 16.5. The van der Waals surface area contributed by atoms with E-state index < -0.39 is 5.97 Å². The molecular weight excluding hydrogens is 234 g/mol. The van der Waals surface area contributed by atoms with Gasteiger partial charge in [0.05, 0.1) is 6.42 Å². The molecule has 1 N–H and O–H groups in total. The van der Waals surface area contributed by atoms with Crippen LogP contribution in [0.5, 0.6) is 0 Å². The SMILES string of the molecule is CN1CCC(Cc2nc(CCC(=O)O)no2)CC1. The molecule has 1 saturated heterocycles. The number of carbonyl (C=O) groups is 1. The second-order valence-electron chi connectivity index (χ2n) is 4.95. The first-order chi connectivity index (χ1) is 8.63. The Bertz CT molecular complexity index is 397. The van der Waals surface area contributed by atoms with Crippen molar-refractivity contribution in [3.05, 3.63) is 11.7 Å². The smallest absolute Gasteiger partial charge is 0.303 e. The molecule has 1 aliphatic rings. The van der Waals surface area contributed by atoms with Crippen molar-refractivity contribution in [2.45, 2.75) is 32.1 Å². The van der Waals surface area contributed by atoms with Gasteiger partial charge in [-0.25, -0.2) is 0 Å². The van der Waals surface area contributed by atoms with E-state index in [0.717, 1.165) is 32.4 Å². The fraction of sp³-hybridized carbons (Fsp3) is 0.750. The topological polar surface area (TPSA) is 79.5 Å². The number of aromatic nitrogens is 2. The van der Waals surface area contributed by atoms with E-state index in [2.05, 4.69) is 22.1 Å². The average molecular weight is 253 g/mol. The second kappa shape index (κ2) is 5.95. The van der Waals surface area contributed by atoms with E-state index in [0.29, 0.717) is 24.1 Å². The van der Waals surface area contributed by atoms with Crippen molar-refractivity contribution in [1.29, 1.82) is 0 Å². The number of nitrogens with zero attached hydrogens (tertiary/aromatic N) is 3. The Labute approximate surface area is 106 Å². The summed E-state index contributed by atoms with van der Waals surface area (Å²) in [6.45, 7) is 2.23. The van der Waals surface area contributed by atoms with Gasteiger partial charge < -0.3 is 14.5 Å². The summed E-state index contributed by atoms with van der Waals surface area (Å²) in [5, 5.41) is 12.4. The number of piperidine rings is 1. The number of rotatable bonds is 5. The summed E-state index contributed by atoms with van der Waals surface area (Å²) in [7, 11) is 2.13. The Hall–Kier alpha value is -1.43. The summed E-state index contributed by atoms with van der Waals surface area (Å²) in [6, 6.07) is 0. The van der Waals surface area contributed by atoms with Gasteiger partial charge in [0.25, 0.3) is 0 Å². The van der Waals surface area contributed by atoms with Crippen LogP contribution in [0.1, 0.15) is 31.0 Å². The van der Waals surface area contributed by atoms with Crippen LogP contribution in [0.3, 0.4) is 0 Å². The summed E-state index contributed by atoms with van der Waals surface area (Å²) in [6.07, 6.45) is 3.51. The van der Waals surface area contributed by atoms with Crippen LogP contribution in [-0.2, 0) is 17.6 Å². The lowest BCUT2D eigenvalue weighted by atomic mass is 9.94. The Balaban J connectivity index is 1.81. The van der Waals surface area contributed by atoms with Crippen molar-refractivity contribution in [2.24, 2.45) is 5.92 Å². The van der Waals surface area contributed by atoms with Gasteiger partial charge >= 0.3 is 5.97 Å². The van der Waals surface area contributed by atoms with Gasteiger partial charge in [-0.1, -0.05) is 5.16 Å². The predicted molar refractivity (Wildman–Crippen MR) is 64.2 cm³/mol. The fourth-order valence-corrected chi connectivity index (χ4v) is 2.21. The van der Waals surface area contributed by atoms with E-state index in [1.54, 1.807) is 0 Å². The first-order valence-electron chi connectivity index (χ1n) is 6.35. The molecule has 18 heavy (non-hydrogen) atoms. The number of carboxylic acid groups (broad SMARTS) is 1. The van der Waals surface area contributed by atoms with Crippen LogP contribution in [0.25, 0.3) is 0 Å². The van der Waals surface area contributed by atoms with Gasteiger partial charge in [-0.2, -0.15) is 4.98 Å². The van der Waals surface area contributed by atoms with Crippen LogP contribution in [0, 0.1) is 5.92 Å². The van der Waals surface area contributed by atoms with Gasteiger partial charge in [-0.15, -0.1) is 0 Å². The lowest BCUT2D eigenvalue weighted by Gasteiger charge is -2.27. The molecule has 2 heterocycles. The first kappa shape index (κ1) is 13.0. The van der Waals surface area contributed by atoms with Crippen LogP contribution < -0.4 is 0 Å². The monoisotopic (exact) mass is 253 g/mol. The van der Waals surface area contributed by atoms with Crippen LogP contribution in [0.4, 0.5) is 0 Å². The quantitative estimate of drug-likeness (QED) is 0.842. The molecule has 2 rings (SSSR count). The zero-order valence-corrected chi connectivity index (χ0v) is 10.6. The minimum Gasteiger partial charge on any atom is -0.481 e. The highest BCUT2D eigenvalue weighted by molar-refractivity contribution is 5.66. The summed E-state index contributed by atoms with van der Waals surface area (Å²) < 4.78 is 5.16. The molecule has 0 aromatic carbocycles. The normalized spacial score (nSPS) is 18.1. The lowest BCUT2D eigenvalue weighted by molar-refractivity contribution is -0.137. The third-order valence-corrected chi connectivity index (χ3v) is 3.37. The molecule has 1 aromatic heterocycles. The van der Waals surface area contributed by atoms with Crippen molar-refractivity contribution in [3.63, 3.8) is 0 Å². The molecule has 6 nitrogen and oxygen atoms in total. The average Bonchev–Trinajstić information content (AvgIpc) is 2.77. The summed E-state index contributed by atoms with van der Waals surface area (Å²) in [4.78, 5) is 17.0. The van der Waals surface area contributed by atoms with Crippen LogP contribution >= 0.6 is 0 Å². The second-order valence-corrected chi connectivity index (χ2v) is 4.95. The molecule has 0 spiro atoms. The molecule has 100 valence electrons. The van der Waals surface area contributed by atoms with Crippen LogP contribution in [-0.4, -0.2) is 46.3 Å². The van der Waals surface area contributed by atoms with Crippen molar-refractivity contribution in [3.8, 4) is 0 Å². The maximum atomic E-state index is 10.4. The molecule has 0 unspecified atom stereocenters. The molecule has 1 fully saturated rings. The minimum atomic E-state index is -0.836. The highest BCUT2D eigenvalue weighted by Crippen LogP contribution is 2.20. The van der Waals surface area contributed by atoms with E-state index in [9.17, 15) is 4.79 Å². The van der Waals surface area contributed by atoms with E-state index >= 15 is 0 Å². The molecule has 6 heteroatoms. The zero-order valence-electron chi connectivity index (χ0n) is 10.6. The largest absolute Gasteiger partial charge is 0.481 e. The number of hydrogen-bond acceptors (Lipinski definition) is 5. The first-order valence-corrected chi connectivity index (χ1v) is 6.35. The van der Waals surface area contributed by atoms with E-state index in [-0.39, 0.29) is 6.42 Å². The Morgan fingerprint density at radius 1 is 1.50 bits per heavy atom. The third-order valence-electron chi connectivity index (χ3n) is 3.37. The Morgan fingerprint density at radius 2 is 2.22 bits per heavy atom. The molecular formula is C12H19N3O3. The summed E-state index contributed by atoms with van der Waals surface area (Å²) in [5.74, 6) is 0.913. The van der Waals surface area contributed by atoms with Crippen molar-refractivity contribution < 1.29 is 14.4 Å². The van der Waals surface area contributed by atoms with E-state index in [1.807, 2.05) is 0 Å². The maximum Gasteiger partial charge on any atom is 0.303 e. The van der Waals surface area contributed by atoms with E-state index in [4.69, 9.17) is 9.63 Å². The fourth-order valence-electron chi connectivity index (χ4n) is 2.21. The lowest BCUT2D eigenvalue weighted by Crippen LogP contribution is -2.30. The van der Waals surface area contributed by atoms with Gasteiger partial charge in [-0.05, 0) is 38.9 Å². The minimum absolute atomic E-state index is 0.0488. The number of aryl methyl sites for hydroxylation is 1. The molecule has 0 aliphatic carbocycles. The molecule has 1 aromatic rings. The van der Waals surface area contributed by atoms with Gasteiger partial charge in [-0.3, -0.25) is 4.79 Å². The van der Waals surface area contributed by atoms with Gasteiger partial charge in [0, 0.05) is 12.8 Å². The van der Waals surface area contributed by atoms with Crippen LogP contribution in [0.2, 0.25) is 0 Å². The van der Waals surface area contributed by atoms with Crippen molar-refractivity contribution in [1.82, 2.24) is 15.0 Å². The van der Waals surface area contributed by atoms with Crippen LogP contribution in [0.15, 0.2) is 4.52 Å². The standard InChI is InChI=1S/C12H19N3O3/c1-15-6-4-9(5-7-15)8-11-13-10(14-18-11)2-3-12(16)17/h9H,2-8H2,1H3,(H,16,17). The molecule has 0 radical (unpaired) electrons. The predicted octanol–water partition coefficient (Wildman–Crippen LogP) is 0.971. The molecule has 0 bridgehead atoms. The van der Waals surface area contributed by atoms with E-state index in [1.165, 1.54) is 0 Å². The molecule has 0 saturated carbocycles. The summed E-state index contributed by atoms with van der Waals surface area (Å²) >= 11 is 0. The highest BCUT2D eigenvalue weighted by Gasteiger charge is 2.19. The van der Waals surface area contributed by atoms with Crippen molar-refractivity contribution in [2.75, 3.05) is 20.1 Å².